The monoisotopic (exact) mass is 422 g/mol. The van der Waals surface area contributed by atoms with E-state index >= 15 is 0 Å². The number of carbonyl (C=O) groups is 1. The smallest absolute Gasteiger partial charge is 0.368 e. The van der Waals surface area contributed by atoms with Crippen molar-refractivity contribution in [2.75, 3.05) is 41.7 Å². The average Bonchev–Trinajstić information content (AvgIpc) is 2.71. The SMILES string of the molecule is Cc1nc(NCCNC(=O)Nc2cccc(C(F)(F)F)c2)cc(N2CCCCC2)n1. The lowest BCUT2D eigenvalue weighted by atomic mass is 10.1. The fraction of sp³-hybridized carbons (Fsp3) is 0.450. The van der Waals surface area contributed by atoms with Crippen LogP contribution in [0.2, 0.25) is 0 Å². The number of halogens is 3. The quantitative estimate of drug-likeness (QED) is 0.613. The number of hydrogen-bond donors (Lipinski definition) is 3. The Morgan fingerprint density at radius 2 is 1.87 bits per heavy atom. The molecule has 0 spiro atoms. The zero-order valence-electron chi connectivity index (χ0n) is 16.7. The highest BCUT2D eigenvalue weighted by Gasteiger charge is 2.30. The van der Waals surface area contributed by atoms with E-state index in [9.17, 15) is 18.0 Å². The van der Waals surface area contributed by atoms with Crippen LogP contribution in [0, 0.1) is 6.92 Å². The third-order valence-corrected chi connectivity index (χ3v) is 4.67. The molecular formula is C20H25F3N6O. The lowest BCUT2D eigenvalue weighted by molar-refractivity contribution is -0.137. The van der Waals surface area contributed by atoms with Crippen LogP contribution in [0.1, 0.15) is 30.7 Å². The van der Waals surface area contributed by atoms with Crippen LogP contribution in [0.5, 0.6) is 0 Å². The minimum Gasteiger partial charge on any atom is -0.368 e. The summed E-state index contributed by atoms with van der Waals surface area (Å²) in [5, 5.41) is 8.15. The summed E-state index contributed by atoms with van der Waals surface area (Å²) in [6.45, 7) is 4.47. The van der Waals surface area contributed by atoms with E-state index in [1.165, 1.54) is 18.6 Å². The van der Waals surface area contributed by atoms with Gasteiger partial charge in [-0.25, -0.2) is 14.8 Å². The maximum absolute atomic E-state index is 12.7. The van der Waals surface area contributed by atoms with Gasteiger partial charge in [-0.1, -0.05) is 6.07 Å². The Bertz CT molecular complexity index is 868. The first-order chi connectivity index (χ1) is 14.3. The average molecular weight is 422 g/mol. The maximum atomic E-state index is 12.7. The Kier molecular flexibility index (Phi) is 6.96. The van der Waals surface area contributed by atoms with Gasteiger partial charge in [0.1, 0.15) is 17.5 Å². The van der Waals surface area contributed by atoms with Crippen molar-refractivity contribution < 1.29 is 18.0 Å². The second-order valence-electron chi connectivity index (χ2n) is 7.09. The number of alkyl halides is 3. The number of piperidine rings is 1. The Hall–Kier alpha value is -3.04. The van der Waals surface area contributed by atoms with E-state index < -0.39 is 17.8 Å². The topological polar surface area (TPSA) is 82.2 Å². The molecule has 3 rings (SSSR count). The Labute approximate surface area is 173 Å². The third kappa shape index (κ3) is 6.23. The molecule has 1 fully saturated rings. The minimum absolute atomic E-state index is 0.0767. The molecule has 0 radical (unpaired) electrons. The maximum Gasteiger partial charge on any atom is 0.416 e. The molecule has 2 heterocycles. The third-order valence-electron chi connectivity index (χ3n) is 4.67. The lowest BCUT2D eigenvalue weighted by Crippen LogP contribution is -2.33. The number of nitrogens with one attached hydrogen (secondary N) is 3. The zero-order valence-corrected chi connectivity index (χ0v) is 16.7. The van der Waals surface area contributed by atoms with Crippen LogP contribution in [0.3, 0.4) is 0 Å². The number of rotatable bonds is 6. The summed E-state index contributed by atoms with van der Waals surface area (Å²) in [6, 6.07) is 5.81. The van der Waals surface area contributed by atoms with E-state index in [4.69, 9.17) is 0 Å². The van der Waals surface area contributed by atoms with E-state index in [1.54, 1.807) is 0 Å². The van der Waals surface area contributed by atoms with Gasteiger partial charge in [0.2, 0.25) is 0 Å². The number of aryl methyl sites for hydroxylation is 1. The van der Waals surface area contributed by atoms with Crippen molar-refractivity contribution in [3.8, 4) is 0 Å². The summed E-state index contributed by atoms with van der Waals surface area (Å²) in [5.41, 5.74) is -0.738. The summed E-state index contributed by atoms with van der Waals surface area (Å²) in [5.74, 6) is 2.22. The van der Waals surface area contributed by atoms with Gasteiger partial charge >= 0.3 is 12.2 Å². The van der Waals surface area contributed by atoms with E-state index in [2.05, 4.69) is 30.8 Å². The second-order valence-corrected chi connectivity index (χ2v) is 7.09. The number of hydrogen-bond acceptors (Lipinski definition) is 5. The number of aromatic nitrogens is 2. The van der Waals surface area contributed by atoms with Crippen molar-refractivity contribution in [2.45, 2.75) is 32.4 Å². The van der Waals surface area contributed by atoms with Crippen LogP contribution in [0.4, 0.5) is 35.3 Å². The molecule has 0 saturated carbocycles. The molecule has 30 heavy (non-hydrogen) atoms. The normalized spacial score (nSPS) is 14.3. The van der Waals surface area contributed by atoms with Crippen LogP contribution in [0.15, 0.2) is 30.3 Å². The van der Waals surface area contributed by atoms with Gasteiger partial charge in [0, 0.05) is 37.9 Å². The summed E-state index contributed by atoms with van der Waals surface area (Å²) in [4.78, 5) is 23.0. The standard InChI is InChI=1S/C20H25F3N6O/c1-14-26-17(13-18(27-14)29-10-3-2-4-11-29)24-8-9-25-19(30)28-16-7-5-6-15(12-16)20(21,22)23/h5-7,12-13H,2-4,8-11H2,1H3,(H,24,26,27)(H2,25,28,30). The zero-order chi connectivity index (χ0) is 21.6. The predicted octanol–water partition coefficient (Wildman–Crippen LogP) is 4.03. The first-order valence-corrected chi connectivity index (χ1v) is 9.88. The molecule has 0 bridgehead atoms. The summed E-state index contributed by atoms with van der Waals surface area (Å²) < 4.78 is 38.2. The first-order valence-electron chi connectivity index (χ1n) is 9.88. The summed E-state index contributed by atoms with van der Waals surface area (Å²) in [7, 11) is 0. The number of amides is 2. The molecule has 2 amide bonds. The molecule has 0 aliphatic carbocycles. The van der Waals surface area contributed by atoms with E-state index in [1.807, 2.05) is 13.0 Å². The van der Waals surface area contributed by atoms with Gasteiger partial charge in [0.25, 0.3) is 0 Å². The molecule has 1 aromatic carbocycles. The Balaban J connectivity index is 1.47. The highest BCUT2D eigenvalue weighted by atomic mass is 19.4. The van der Waals surface area contributed by atoms with Crippen LogP contribution < -0.4 is 20.9 Å². The molecular weight excluding hydrogens is 397 g/mol. The molecule has 162 valence electrons. The van der Waals surface area contributed by atoms with Crippen LogP contribution in [-0.4, -0.2) is 42.2 Å². The van der Waals surface area contributed by atoms with Gasteiger partial charge in [0.15, 0.2) is 0 Å². The minimum atomic E-state index is -4.46. The molecule has 10 heteroatoms. The van der Waals surface area contributed by atoms with Crippen molar-refractivity contribution in [1.82, 2.24) is 15.3 Å². The van der Waals surface area contributed by atoms with Crippen molar-refractivity contribution in [1.29, 1.82) is 0 Å². The molecule has 0 unspecified atom stereocenters. The summed E-state index contributed by atoms with van der Waals surface area (Å²) >= 11 is 0. The van der Waals surface area contributed by atoms with E-state index in [0.29, 0.717) is 18.2 Å². The van der Waals surface area contributed by atoms with Crippen molar-refractivity contribution >= 4 is 23.4 Å². The second kappa shape index (κ2) is 9.64. The van der Waals surface area contributed by atoms with Crippen LogP contribution in [-0.2, 0) is 6.18 Å². The summed E-state index contributed by atoms with van der Waals surface area (Å²) in [6.07, 6.45) is -0.922. The first kappa shape index (κ1) is 21.7. The largest absolute Gasteiger partial charge is 0.416 e. The number of nitrogens with zero attached hydrogens (tertiary/aromatic N) is 3. The van der Waals surface area contributed by atoms with Gasteiger partial charge in [-0.3, -0.25) is 0 Å². The van der Waals surface area contributed by atoms with E-state index in [-0.39, 0.29) is 12.2 Å². The molecule has 7 nitrogen and oxygen atoms in total. The Morgan fingerprint density at radius 1 is 1.10 bits per heavy atom. The Morgan fingerprint density at radius 3 is 2.60 bits per heavy atom. The molecule has 1 aliphatic heterocycles. The number of anilines is 3. The van der Waals surface area contributed by atoms with Gasteiger partial charge in [-0.2, -0.15) is 13.2 Å². The molecule has 1 saturated heterocycles. The van der Waals surface area contributed by atoms with Crippen LogP contribution in [0.25, 0.3) is 0 Å². The fourth-order valence-electron chi connectivity index (χ4n) is 3.24. The van der Waals surface area contributed by atoms with Crippen molar-refractivity contribution in [2.24, 2.45) is 0 Å². The van der Waals surface area contributed by atoms with Crippen molar-refractivity contribution in [3.05, 3.63) is 41.7 Å². The lowest BCUT2D eigenvalue weighted by Gasteiger charge is -2.28. The number of urea groups is 1. The van der Waals surface area contributed by atoms with Gasteiger partial charge in [-0.05, 0) is 44.4 Å². The molecule has 2 aromatic rings. The highest BCUT2D eigenvalue weighted by molar-refractivity contribution is 5.89. The molecule has 0 atom stereocenters. The van der Waals surface area contributed by atoms with E-state index in [0.717, 1.165) is 43.9 Å². The van der Waals surface area contributed by atoms with Gasteiger partial charge in [0.05, 0.1) is 5.56 Å². The molecule has 1 aliphatic rings. The number of benzene rings is 1. The predicted molar refractivity (Wildman–Crippen MR) is 110 cm³/mol. The fourth-order valence-corrected chi connectivity index (χ4v) is 3.24. The van der Waals surface area contributed by atoms with Gasteiger partial charge in [-0.15, -0.1) is 0 Å². The van der Waals surface area contributed by atoms with Gasteiger partial charge < -0.3 is 20.9 Å². The van der Waals surface area contributed by atoms with Crippen molar-refractivity contribution in [3.63, 3.8) is 0 Å². The molecule has 1 aromatic heterocycles. The van der Waals surface area contributed by atoms with Crippen LogP contribution >= 0.6 is 0 Å². The highest BCUT2D eigenvalue weighted by Crippen LogP contribution is 2.30. The number of carbonyl (C=O) groups excluding carboxylic acids is 1. The molecule has 3 N–H and O–H groups in total.